The van der Waals surface area contributed by atoms with Gasteiger partial charge in [-0.25, -0.2) is 0 Å². The van der Waals surface area contributed by atoms with Crippen molar-refractivity contribution in [2.24, 2.45) is 5.73 Å². The Balaban J connectivity index is 0.000000830. The first-order valence-corrected chi connectivity index (χ1v) is 10.2. The molecule has 1 aromatic carbocycles. The zero-order valence-corrected chi connectivity index (χ0v) is 19.1. The number of pyridine rings is 1. The summed E-state index contributed by atoms with van der Waals surface area (Å²) in [6, 6.07) is 16.2. The minimum absolute atomic E-state index is 0. The number of hydrogen-bond donors (Lipinski definition) is 1. The van der Waals surface area contributed by atoms with Gasteiger partial charge in [0.1, 0.15) is 0 Å². The van der Waals surface area contributed by atoms with E-state index in [0.29, 0.717) is 24.2 Å². The van der Waals surface area contributed by atoms with E-state index >= 15 is 0 Å². The SMILES string of the molecule is [CH3-].[NH-]c1ncc2cc(-c3ccccn3)n(-c3ccc(C4(N)CCC4)cc3)c2n1.[O]=[Os]. The number of nitrogens with zero attached hydrogens (tertiary/aromatic N) is 4. The molecule has 0 bridgehead atoms. The fourth-order valence-electron chi connectivity index (χ4n) is 3.74. The second-order valence-corrected chi connectivity index (χ2v) is 7.11. The molecule has 5 rings (SSSR count). The standard InChI is InChI=1S/C21H19N6.CH3.O.Os/c22-20-25-13-14-12-18(17-4-1-2-11-24-17)27(19(14)26-20)16-7-5-15(6-8-16)21(23)9-3-10-21;;;/h1-2,4-8,11-13H,3,9-10,23H2,(H-,22,25,26);1H3;;/q2*-1;;. The number of benzene rings is 1. The fraction of sp³-hybridized carbons (Fsp3) is 0.182. The molecule has 8 heteroatoms. The van der Waals surface area contributed by atoms with E-state index in [9.17, 15) is 0 Å². The van der Waals surface area contributed by atoms with Crippen LogP contribution in [0.1, 0.15) is 24.8 Å². The van der Waals surface area contributed by atoms with Crippen molar-refractivity contribution in [2.45, 2.75) is 24.8 Å². The maximum absolute atomic E-state index is 8.28. The molecule has 3 aromatic heterocycles. The normalized spacial score (nSPS) is 14.2. The summed E-state index contributed by atoms with van der Waals surface area (Å²) in [5.41, 5.74) is 18.7. The number of fused-ring (bicyclic) bond motifs is 1. The van der Waals surface area contributed by atoms with Crippen LogP contribution in [0.25, 0.3) is 33.8 Å². The molecule has 156 valence electrons. The summed E-state index contributed by atoms with van der Waals surface area (Å²) in [6.07, 6.45) is 6.72. The van der Waals surface area contributed by atoms with Crippen molar-refractivity contribution < 1.29 is 22.1 Å². The van der Waals surface area contributed by atoms with Gasteiger partial charge in [0.05, 0.1) is 17.0 Å². The molecule has 30 heavy (non-hydrogen) atoms. The van der Waals surface area contributed by atoms with Crippen LogP contribution in [-0.2, 0) is 27.6 Å². The first kappa shape index (κ1) is 21.9. The first-order valence-electron chi connectivity index (χ1n) is 9.20. The summed E-state index contributed by atoms with van der Waals surface area (Å²) >= 11 is 0.611. The predicted molar refractivity (Wildman–Crippen MR) is 113 cm³/mol. The van der Waals surface area contributed by atoms with E-state index in [0.717, 1.165) is 35.3 Å². The monoisotopic (exact) mass is 578 g/mol. The molecule has 1 aliphatic carbocycles. The summed E-state index contributed by atoms with van der Waals surface area (Å²) in [5, 5.41) is 0.880. The van der Waals surface area contributed by atoms with Crippen molar-refractivity contribution in [1.29, 1.82) is 0 Å². The Morgan fingerprint density at radius 1 is 1.07 bits per heavy atom. The van der Waals surface area contributed by atoms with Crippen molar-refractivity contribution in [3.8, 4) is 17.1 Å². The molecule has 1 saturated carbocycles. The topological polar surface area (TPSA) is 110 Å². The number of rotatable bonds is 3. The number of aromatic nitrogens is 4. The summed E-state index contributed by atoms with van der Waals surface area (Å²) in [6.45, 7) is 0. The third-order valence-electron chi connectivity index (χ3n) is 5.41. The van der Waals surface area contributed by atoms with Crippen LogP contribution in [0.4, 0.5) is 5.95 Å². The summed E-state index contributed by atoms with van der Waals surface area (Å²) in [7, 11) is 0. The van der Waals surface area contributed by atoms with E-state index in [2.05, 4.69) is 39.2 Å². The van der Waals surface area contributed by atoms with Gasteiger partial charge in [0.25, 0.3) is 0 Å². The zero-order valence-electron chi connectivity index (χ0n) is 16.5. The van der Waals surface area contributed by atoms with Crippen LogP contribution >= 0.6 is 0 Å². The van der Waals surface area contributed by atoms with Crippen LogP contribution in [0.5, 0.6) is 0 Å². The summed E-state index contributed by atoms with van der Waals surface area (Å²) in [5.74, 6) is 0.00131. The summed E-state index contributed by atoms with van der Waals surface area (Å²) < 4.78 is 10.3. The van der Waals surface area contributed by atoms with Crippen molar-refractivity contribution >= 4 is 17.0 Å². The molecular formula is C22H22N6OOs-2. The molecule has 4 aromatic rings. The molecule has 0 saturated heterocycles. The molecule has 3 N–H and O–H groups in total. The van der Waals surface area contributed by atoms with Gasteiger partial charge in [-0.15, -0.1) is 0 Å². The molecule has 7 nitrogen and oxygen atoms in total. The van der Waals surface area contributed by atoms with Crippen molar-refractivity contribution in [3.05, 3.63) is 79.6 Å². The molecule has 0 aliphatic heterocycles. The van der Waals surface area contributed by atoms with E-state index in [4.69, 9.17) is 15.0 Å². The average molecular weight is 577 g/mol. The van der Waals surface area contributed by atoms with E-state index in [-0.39, 0.29) is 18.9 Å². The van der Waals surface area contributed by atoms with E-state index in [1.807, 2.05) is 28.8 Å². The molecule has 0 atom stereocenters. The van der Waals surface area contributed by atoms with Crippen molar-refractivity contribution in [2.75, 3.05) is 0 Å². The van der Waals surface area contributed by atoms with E-state index in [1.54, 1.807) is 12.4 Å². The quantitative estimate of drug-likeness (QED) is 0.351. The number of hydrogen-bond acceptors (Lipinski definition) is 5. The Morgan fingerprint density at radius 3 is 2.40 bits per heavy atom. The molecular weight excluding hydrogens is 555 g/mol. The Kier molecular flexibility index (Phi) is 6.50. The Morgan fingerprint density at radius 2 is 1.80 bits per heavy atom. The Bertz CT molecular complexity index is 1140. The second-order valence-electron chi connectivity index (χ2n) is 7.11. The second kappa shape index (κ2) is 8.91. The number of nitrogens with two attached hydrogens (primary N) is 1. The first-order chi connectivity index (χ1) is 14.1. The van der Waals surface area contributed by atoms with Gasteiger partial charge in [0.2, 0.25) is 0 Å². The van der Waals surface area contributed by atoms with Crippen LogP contribution in [0.2, 0.25) is 0 Å². The Hall–Kier alpha value is -2.81. The minimum atomic E-state index is -0.183. The molecule has 0 radical (unpaired) electrons. The van der Waals surface area contributed by atoms with Gasteiger partial charge >= 0.3 is 22.1 Å². The molecule has 3 heterocycles. The zero-order chi connectivity index (χ0) is 20.4. The van der Waals surface area contributed by atoms with Gasteiger partial charge in [0.15, 0.2) is 0 Å². The van der Waals surface area contributed by atoms with Crippen LogP contribution in [0.15, 0.2) is 60.9 Å². The molecule has 0 unspecified atom stereocenters. The van der Waals surface area contributed by atoms with Gasteiger partial charge in [0, 0.05) is 28.8 Å². The predicted octanol–water partition coefficient (Wildman–Crippen LogP) is 4.83. The molecule has 1 fully saturated rings. The van der Waals surface area contributed by atoms with Crippen molar-refractivity contribution in [3.63, 3.8) is 0 Å². The van der Waals surface area contributed by atoms with Gasteiger partial charge in [-0.3, -0.25) is 4.98 Å². The van der Waals surface area contributed by atoms with Crippen LogP contribution in [0, 0.1) is 7.43 Å². The van der Waals surface area contributed by atoms with E-state index < -0.39 is 0 Å². The number of nitrogens with one attached hydrogen (secondary N) is 1. The summed E-state index contributed by atoms with van der Waals surface area (Å²) in [4.78, 5) is 12.9. The van der Waals surface area contributed by atoms with Crippen molar-refractivity contribution in [1.82, 2.24) is 19.5 Å². The molecule has 0 amide bonds. The maximum atomic E-state index is 8.28. The van der Waals surface area contributed by atoms with Gasteiger partial charge in [-0.2, -0.15) is 0 Å². The van der Waals surface area contributed by atoms with E-state index in [1.165, 1.54) is 12.0 Å². The molecule has 1 aliphatic rings. The van der Waals surface area contributed by atoms with Crippen LogP contribution < -0.4 is 5.73 Å². The Labute approximate surface area is 185 Å². The molecule has 0 spiro atoms. The van der Waals surface area contributed by atoms with Gasteiger partial charge < -0.3 is 33.4 Å². The fourth-order valence-corrected chi connectivity index (χ4v) is 3.74. The van der Waals surface area contributed by atoms with Crippen LogP contribution in [-0.4, -0.2) is 19.5 Å². The van der Waals surface area contributed by atoms with Gasteiger partial charge in [-0.05, 0) is 61.4 Å². The van der Waals surface area contributed by atoms with Crippen LogP contribution in [0.3, 0.4) is 0 Å². The third-order valence-corrected chi connectivity index (χ3v) is 5.41. The average Bonchev–Trinajstić information content (AvgIpc) is 3.13. The van der Waals surface area contributed by atoms with Gasteiger partial charge in [-0.1, -0.05) is 18.2 Å². The third kappa shape index (κ3) is 3.81.